The number of anilines is 1. The molecule has 1 aromatic heterocycles. The third kappa shape index (κ3) is 5.56. The molecule has 8 nitrogen and oxygen atoms in total. The summed E-state index contributed by atoms with van der Waals surface area (Å²) in [6, 6.07) is 21.7. The minimum Gasteiger partial charge on any atom is -0.493 e. The number of primary sulfonamides is 1. The van der Waals surface area contributed by atoms with Crippen molar-refractivity contribution in [3.05, 3.63) is 83.9 Å². The van der Waals surface area contributed by atoms with Crippen LogP contribution in [0.4, 0.5) is 11.4 Å². The molecule has 4 aromatic rings. The van der Waals surface area contributed by atoms with Gasteiger partial charge in [-0.1, -0.05) is 50.2 Å². The van der Waals surface area contributed by atoms with Gasteiger partial charge < -0.3 is 15.0 Å². The number of azo groups is 1. The maximum Gasteiger partial charge on any atom is 0.238 e. The Balaban J connectivity index is 1.66. The molecule has 0 bridgehead atoms. The Bertz CT molecular complexity index is 1510. The van der Waals surface area contributed by atoms with Crippen LogP contribution in [0.1, 0.15) is 30.9 Å². The van der Waals surface area contributed by atoms with Gasteiger partial charge in [0.1, 0.15) is 0 Å². The van der Waals surface area contributed by atoms with Crippen molar-refractivity contribution in [2.24, 2.45) is 15.4 Å². The smallest absolute Gasteiger partial charge is 0.238 e. The standard InChI is InChI=1S/C25H25N5O3S2/c1-16(2)18-8-13-22-21(14-18)23(24(31)30(22)15-17-6-4-3-5-7-17)28-29-25(34)27-19-9-11-20(12-10-19)35(26,32)33/h3-14,16,31H,15H2,1-2H3,(H,27,34)(H2,26,32,33). The average Bonchev–Trinajstić information content (AvgIpc) is 3.08. The Morgan fingerprint density at radius 1 is 1.09 bits per heavy atom. The number of aromatic nitrogens is 1. The molecule has 0 atom stereocenters. The Kier molecular flexibility index (Phi) is 6.97. The molecule has 0 aliphatic rings. The number of benzene rings is 3. The summed E-state index contributed by atoms with van der Waals surface area (Å²) in [6.07, 6.45) is 0. The van der Waals surface area contributed by atoms with Crippen LogP contribution >= 0.6 is 12.2 Å². The monoisotopic (exact) mass is 507 g/mol. The highest BCUT2D eigenvalue weighted by Crippen LogP contribution is 2.40. The van der Waals surface area contributed by atoms with Crippen molar-refractivity contribution in [2.45, 2.75) is 31.2 Å². The molecule has 0 spiro atoms. The summed E-state index contributed by atoms with van der Waals surface area (Å²) in [4.78, 5) is -0.00676. The number of aromatic hydroxyl groups is 1. The van der Waals surface area contributed by atoms with Crippen LogP contribution < -0.4 is 10.5 Å². The van der Waals surface area contributed by atoms with E-state index in [9.17, 15) is 13.5 Å². The molecule has 0 radical (unpaired) electrons. The van der Waals surface area contributed by atoms with Crippen LogP contribution in [0.3, 0.4) is 0 Å². The van der Waals surface area contributed by atoms with Crippen molar-refractivity contribution in [3.8, 4) is 5.88 Å². The molecule has 180 valence electrons. The van der Waals surface area contributed by atoms with Crippen LogP contribution in [0.5, 0.6) is 5.88 Å². The first-order chi connectivity index (χ1) is 16.6. The molecule has 0 unspecified atom stereocenters. The van der Waals surface area contributed by atoms with Crippen molar-refractivity contribution < 1.29 is 13.5 Å². The third-order valence-corrected chi connectivity index (χ3v) is 6.67. The van der Waals surface area contributed by atoms with E-state index in [1.165, 1.54) is 24.3 Å². The first-order valence-electron chi connectivity index (χ1n) is 10.9. The average molecular weight is 508 g/mol. The van der Waals surface area contributed by atoms with E-state index in [0.29, 0.717) is 23.8 Å². The number of sulfonamides is 1. The quantitative estimate of drug-likeness (QED) is 0.230. The Morgan fingerprint density at radius 3 is 2.40 bits per heavy atom. The normalized spacial score (nSPS) is 12.0. The van der Waals surface area contributed by atoms with Gasteiger partial charge in [0.05, 0.1) is 17.0 Å². The number of thiocarbonyl (C=S) groups is 1. The molecule has 1 heterocycles. The van der Waals surface area contributed by atoms with Gasteiger partial charge in [-0.2, -0.15) is 0 Å². The lowest BCUT2D eigenvalue weighted by Crippen LogP contribution is -2.12. The zero-order valence-corrected chi connectivity index (χ0v) is 20.8. The maximum atomic E-state index is 11.4. The molecule has 0 saturated carbocycles. The SMILES string of the molecule is CC(C)c1ccc2c(c1)c(N=NC(=S)Nc1ccc(S(N)(=O)=O)cc1)c(O)n2Cc1ccccc1. The summed E-state index contributed by atoms with van der Waals surface area (Å²) in [5.41, 5.74) is 3.84. The van der Waals surface area contributed by atoms with E-state index < -0.39 is 10.0 Å². The molecule has 4 rings (SSSR count). The zero-order chi connectivity index (χ0) is 25.2. The second kappa shape index (κ2) is 9.95. The molecule has 0 aliphatic carbocycles. The van der Waals surface area contributed by atoms with E-state index in [2.05, 4.69) is 29.4 Å². The van der Waals surface area contributed by atoms with Gasteiger partial charge in [0.2, 0.25) is 21.0 Å². The van der Waals surface area contributed by atoms with E-state index in [1.54, 1.807) is 4.57 Å². The second-order valence-corrected chi connectivity index (χ2v) is 10.3. The van der Waals surface area contributed by atoms with Crippen molar-refractivity contribution >= 4 is 49.6 Å². The van der Waals surface area contributed by atoms with Crippen LogP contribution in [-0.4, -0.2) is 23.2 Å². The van der Waals surface area contributed by atoms with Gasteiger partial charge >= 0.3 is 0 Å². The second-order valence-electron chi connectivity index (χ2n) is 8.37. The number of hydrogen-bond donors (Lipinski definition) is 3. The summed E-state index contributed by atoms with van der Waals surface area (Å²) in [7, 11) is -3.78. The number of rotatable bonds is 6. The number of nitrogens with two attached hydrogens (primary N) is 1. The summed E-state index contributed by atoms with van der Waals surface area (Å²) in [5, 5.41) is 28.3. The van der Waals surface area contributed by atoms with Gasteiger partial charge in [0.25, 0.3) is 0 Å². The van der Waals surface area contributed by atoms with Crippen LogP contribution in [-0.2, 0) is 16.6 Å². The highest BCUT2D eigenvalue weighted by atomic mass is 32.2. The largest absolute Gasteiger partial charge is 0.493 e. The lowest BCUT2D eigenvalue weighted by Gasteiger charge is -2.08. The molecule has 4 N–H and O–H groups in total. The minimum absolute atomic E-state index is 0.00573. The molecule has 10 heteroatoms. The molecule has 0 saturated heterocycles. The first kappa shape index (κ1) is 24.5. The van der Waals surface area contributed by atoms with Gasteiger partial charge in [-0.15, -0.1) is 10.2 Å². The number of nitrogens with zero attached hydrogens (tertiary/aromatic N) is 3. The molecule has 35 heavy (non-hydrogen) atoms. The van der Waals surface area contributed by atoms with E-state index in [1.807, 2.05) is 48.5 Å². The molecule has 3 aromatic carbocycles. The fourth-order valence-electron chi connectivity index (χ4n) is 3.70. The fraction of sp³-hybridized carbons (Fsp3) is 0.160. The van der Waals surface area contributed by atoms with E-state index in [0.717, 1.165) is 22.0 Å². The Labute approximate surface area is 209 Å². The van der Waals surface area contributed by atoms with E-state index >= 15 is 0 Å². The van der Waals surface area contributed by atoms with Gasteiger partial charge in [-0.05, 0) is 65.7 Å². The topological polar surface area (TPSA) is 122 Å². The lowest BCUT2D eigenvalue weighted by molar-refractivity contribution is 0.429. The number of fused-ring (bicyclic) bond motifs is 1. The predicted molar refractivity (Wildman–Crippen MR) is 142 cm³/mol. The Hall–Kier alpha value is -3.60. The highest BCUT2D eigenvalue weighted by Gasteiger charge is 2.18. The van der Waals surface area contributed by atoms with Crippen LogP contribution in [0.25, 0.3) is 10.9 Å². The maximum absolute atomic E-state index is 11.4. The third-order valence-electron chi connectivity index (χ3n) is 5.56. The minimum atomic E-state index is -3.78. The number of hydrogen-bond acceptors (Lipinski definition) is 5. The number of nitrogens with one attached hydrogen (secondary N) is 1. The van der Waals surface area contributed by atoms with Crippen molar-refractivity contribution in [3.63, 3.8) is 0 Å². The first-order valence-corrected chi connectivity index (χ1v) is 12.8. The van der Waals surface area contributed by atoms with Crippen LogP contribution in [0, 0.1) is 0 Å². The molecular weight excluding hydrogens is 482 g/mol. The zero-order valence-electron chi connectivity index (χ0n) is 19.2. The predicted octanol–water partition coefficient (Wildman–Crippen LogP) is 5.65. The molecule has 0 fully saturated rings. The molecule has 0 amide bonds. The highest BCUT2D eigenvalue weighted by molar-refractivity contribution is 7.89. The fourth-order valence-corrected chi connectivity index (χ4v) is 4.37. The van der Waals surface area contributed by atoms with Crippen molar-refractivity contribution in [1.29, 1.82) is 0 Å². The van der Waals surface area contributed by atoms with Crippen molar-refractivity contribution in [1.82, 2.24) is 4.57 Å². The van der Waals surface area contributed by atoms with Gasteiger partial charge in [0.15, 0.2) is 5.69 Å². The van der Waals surface area contributed by atoms with Gasteiger partial charge in [-0.25, -0.2) is 13.6 Å². The molecular formula is C25H25N5O3S2. The van der Waals surface area contributed by atoms with Crippen LogP contribution in [0.2, 0.25) is 0 Å². The summed E-state index contributed by atoms with van der Waals surface area (Å²) in [6.45, 7) is 4.67. The van der Waals surface area contributed by atoms with Crippen LogP contribution in [0.15, 0.2) is 87.9 Å². The van der Waals surface area contributed by atoms with Crippen molar-refractivity contribution in [2.75, 3.05) is 5.32 Å². The molecule has 0 aliphatic heterocycles. The van der Waals surface area contributed by atoms with Gasteiger partial charge in [-0.3, -0.25) is 0 Å². The lowest BCUT2D eigenvalue weighted by atomic mass is 10.0. The Morgan fingerprint density at radius 2 is 1.77 bits per heavy atom. The van der Waals surface area contributed by atoms with E-state index in [-0.39, 0.29) is 15.9 Å². The summed E-state index contributed by atoms with van der Waals surface area (Å²) < 4.78 is 24.6. The summed E-state index contributed by atoms with van der Waals surface area (Å²) in [5.74, 6) is 0.292. The van der Waals surface area contributed by atoms with Gasteiger partial charge in [0, 0.05) is 11.1 Å². The van der Waals surface area contributed by atoms with E-state index in [4.69, 9.17) is 17.4 Å². The summed E-state index contributed by atoms with van der Waals surface area (Å²) >= 11 is 5.28.